The minimum absolute atomic E-state index is 0.00198. The summed E-state index contributed by atoms with van der Waals surface area (Å²) in [6.45, 7) is 9.76. The zero-order valence-corrected chi connectivity index (χ0v) is 16.8. The van der Waals surface area contributed by atoms with Crippen LogP contribution >= 0.6 is 0 Å². The van der Waals surface area contributed by atoms with Crippen molar-refractivity contribution in [2.45, 2.75) is 52.2 Å². The molecule has 1 aliphatic rings. The van der Waals surface area contributed by atoms with Gasteiger partial charge >= 0.3 is 0 Å². The van der Waals surface area contributed by atoms with Crippen LogP contribution < -0.4 is 20.1 Å². The third kappa shape index (κ3) is 4.44. The molecule has 0 saturated carbocycles. The molecule has 6 nitrogen and oxygen atoms in total. The minimum Gasteiger partial charge on any atom is -0.481 e. The molecule has 6 heteroatoms. The lowest BCUT2D eigenvalue weighted by atomic mass is 9.87. The third-order valence-electron chi connectivity index (χ3n) is 4.56. The van der Waals surface area contributed by atoms with Gasteiger partial charge in [-0.2, -0.15) is 0 Å². The van der Waals surface area contributed by atoms with E-state index in [4.69, 9.17) is 9.47 Å². The average molecular weight is 382 g/mol. The number of rotatable bonds is 4. The van der Waals surface area contributed by atoms with Gasteiger partial charge in [-0.1, -0.05) is 32.9 Å². The molecule has 2 amide bonds. The highest BCUT2D eigenvalue weighted by Gasteiger charge is 2.24. The summed E-state index contributed by atoms with van der Waals surface area (Å²) in [5.41, 5.74) is 2.23. The van der Waals surface area contributed by atoms with Crippen molar-refractivity contribution in [3.05, 3.63) is 48.0 Å². The van der Waals surface area contributed by atoms with Crippen molar-refractivity contribution < 1.29 is 19.1 Å². The zero-order chi connectivity index (χ0) is 20.5. The molecule has 3 rings (SSSR count). The van der Waals surface area contributed by atoms with E-state index in [2.05, 4.69) is 31.4 Å². The number of anilines is 2. The molecule has 2 N–H and O–H groups in total. The number of hydrogen-bond donors (Lipinski definition) is 2. The number of ether oxygens (including phenoxy) is 2. The van der Waals surface area contributed by atoms with Gasteiger partial charge in [-0.3, -0.25) is 9.59 Å². The van der Waals surface area contributed by atoms with Crippen LogP contribution in [0.15, 0.2) is 42.5 Å². The van der Waals surface area contributed by atoms with Crippen molar-refractivity contribution >= 4 is 23.2 Å². The van der Waals surface area contributed by atoms with Crippen molar-refractivity contribution in [1.82, 2.24) is 0 Å². The van der Waals surface area contributed by atoms with Gasteiger partial charge in [-0.25, -0.2) is 0 Å². The van der Waals surface area contributed by atoms with Crippen molar-refractivity contribution in [1.29, 1.82) is 0 Å². The molecule has 28 heavy (non-hydrogen) atoms. The Morgan fingerprint density at radius 2 is 1.96 bits per heavy atom. The van der Waals surface area contributed by atoms with Gasteiger partial charge in [0.1, 0.15) is 11.5 Å². The molecule has 0 bridgehead atoms. The van der Waals surface area contributed by atoms with Crippen molar-refractivity contribution in [3.8, 4) is 11.5 Å². The Labute approximate surface area is 165 Å². The number of carbonyl (C=O) groups is 2. The summed E-state index contributed by atoms with van der Waals surface area (Å²) in [4.78, 5) is 24.3. The van der Waals surface area contributed by atoms with Crippen LogP contribution in [-0.2, 0) is 15.0 Å². The molecule has 0 fully saturated rings. The quantitative estimate of drug-likeness (QED) is 0.834. The van der Waals surface area contributed by atoms with Crippen LogP contribution in [0.25, 0.3) is 0 Å². The third-order valence-corrected chi connectivity index (χ3v) is 4.56. The Morgan fingerprint density at radius 1 is 1.21 bits per heavy atom. The van der Waals surface area contributed by atoms with Gasteiger partial charge in [0, 0.05) is 5.69 Å². The molecule has 0 aromatic heterocycles. The van der Waals surface area contributed by atoms with Gasteiger partial charge in [-0.15, -0.1) is 0 Å². The monoisotopic (exact) mass is 382 g/mol. The topological polar surface area (TPSA) is 76.7 Å². The Kier molecular flexibility index (Phi) is 5.31. The Morgan fingerprint density at radius 3 is 2.68 bits per heavy atom. The van der Waals surface area contributed by atoms with E-state index in [1.165, 1.54) is 0 Å². The van der Waals surface area contributed by atoms with Gasteiger partial charge in [0.05, 0.1) is 5.69 Å². The fourth-order valence-corrected chi connectivity index (χ4v) is 2.82. The summed E-state index contributed by atoms with van der Waals surface area (Å²) < 4.78 is 11.3. The van der Waals surface area contributed by atoms with Crippen LogP contribution in [0.2, 0.25) is 0 Å². The van der Waals surface area contributed by atoms with E-state index in [1.54, 1.807) is 32.0 Å². The molecule has 0 radical (unpaired) electrons. The molecule has 0 saturated heterocycles. The normalized spacial score (nSPS) is 17.0. The second kappa shape index (κ2) is 7.54. The maximum Gasteiger partial charge on any atom is 0.265 e. The molecule has 148 valence electrons. The van der Waals surface area contributed by atoms with E-state index in [1.807, 2.05) is 24.3 Å². The molecule has 2 aromatic carbocycles. The minimum atomic E-state index is -0.683. The Balaban J connectivity index is 1.67. The predicted molar refractivity (Wildman–Crippen MR) is 109 cm³/mol. The first-order valence-corrected chi connectivity index (χ1v) is 9.33. The average Bonchev–Trinajstić information content (AvgIpc) is 2.62. The molecule has 2 atom stereocenters. The molecule has 2 aromatic rings. The summed E-state index contributed by atoms with van der Waals surface area (Å²) in [6, 6.07) is 12.9. The first kappa shape index (κ1) is 19.7. The second-order valence-electron chi connectivity index (χ2n) is 7.99. The first-order chi connectivity index (χ1) is 13.1. The molecule has 0 unspecified atom stereocenters. The van der Waals surface area contributed by atoms with E-state index in [9.17, 15) is 9.59 Å². The maximum absolute atomic E-state index is 12.5. The summed E-state index contributed by atoms with van der Waals surface area (Å²) in [6.07, 6.45) is -1.22. The molecule has 0 aliphatic carbocycles. The zero-order valence-electron chi connectivity index (χ0n) is 16.8. The van der Waals surface area contributed by atoms with E-state index < -0.39 is 12.2 Å². The summed E-state index contributed by atoms with van der Waals surface area (Å²) in [5.74, 6) is 0.729. The summed E-state index contributed by atoms with van der Waals surface area (Å²) in [5, 5.41) is 5.58. The summed E-state index contributed by atoms with van der Waals surface area (Å²) in [7, 11) is 0. The lowest BCUT2D eigenvalue weighted by Gasteiger charge is -2.24. The predicted octanol–water partition coefficient (Wildman–Crippen LogP) is 4.11. The summed E-state index contributed by atoms with van der Waals surface area (Å²) >= 11 is 0. The highest BCUT2D eigenvalue weighted by molar-refractivity contribution is 5.99. The maximum atomic E-state index is 12.5. The van der Waals surface area contributed by atoms with Gasteiger partial charge in [0.2, 0.25) is 0 Å². The molecule has 1 aliphatic heterocycles. The Hall–Kier alpha value is -3.02. The van der Waals surface area contributed by atoms with Crippen LogP contribution in [0.4, 0.5) is 11.4 Å². The highest BCUT2D eigenvalue weighted by Crippen LogP contribution is 2.32. The Bertz CT molecular complexity index is 902. The number of carbonyl (C=O) groups excluding carboxylic acids is 2. The van der Waals surface area contributed by atoms with Crippen LogP contribution in [0.1, 0.15) is 40.2 Å². The largest absolute Gasteiger partial charge is 0.481 e. The first-order valence-electron chi connectivity index (χ1n) is 9.33. The molecular formula is C22H26N2O4. The standard InChI is InChI=1S/C22H26N2O4/c1-13(27-17-8-6-7-15(11-17)22(3,4)5)20(25)23-16-9-10-19-18(12-16)24-21(26)14(2)28-19/h6-14H,1-5H3,(H,23,25)(H,24,26)/t13-,14+/m0/s1. The van der Waals surface area contributed by atoms with Crippen LogP contribution in [0.5, 0.6) is 11.5 Å². The smallest absolute Gasteiger partial charge is 0.265 e. The van der Waals surface area contributed by atoms with Crippen molar-refractivity contribution in [2.24, 2.45) is 0 Å². The number of benzene rings is 2. The van der Waals surface area contributed by atoms with Gasteiger partial charge in [0.15, 0.2) is 12.2 Å². The van der Waals surface area contributed by atoms with Crippen molar-refractivity contribution in [2.75, 3.05) is 10.6 Å². The van der Waals surface area contributed by atoms with Crippen LogP contribution in [0, 0.1) is 0 Å². The van der Waals surface area contributed by atoms with Crippen molar-refractivity contribution in [3.63, 3.8) is 0 Å². The highest BCUT2D eigenvalue weighted by atomic mass is 16.5. The molecule has 1 heterocycles. The van der Waals surface area contributed by atoms with E-state index in [0.29, 0.717) is 22.9 Å². The fraction of sp³-hybridized carbons (Fsp3) is 0.364. The number of fused-ring (bicyclic) bond motifs is 1. The second-order valence-corrected chi connectivity index (χ2v) is 7.99. The fourth-order valence-electron chi connectivity index (χ4n) is 2.82. The van der Waals surface area contributed by atoms with E-state index >= 15 is 0 Å². The number of nitrogens with one attached hydrogen (secondary N) is 2. The van der Waals surface area contributed by atoms with E-state index in [-0.39, 0.29) is 17.2 Å². The lowest BCUT2D eigenvalue weighted by molar-refractivity contribution is -0.123. The van der Waals surface area contributed by atoms with Crippen LogP contribution in [-0.4, -0.2) is 24.0 Å². The lowest BCUT2D eigenvalue weighted by Crippen LogP contribution is -2.34. The van der Waals surface area contributed by atoms with E-state index in [0.717, 1.165) is 5.56 Å². The van der Waals surface area contributed by atoms with Gasteiger partial charge < -0.3 is 20.1 Å². The molecular weight excluding hydrogens is 356 g/mol. The van der Waals surface area contributed by atoms with Gasteiger partial charge in [-0.05, 0) is 55.2 Å². The number of amides is 2. The molecule has 0 spiro atoms. The SMILES string of the molecule is C[C@H](Oc1cccc(C(C)(C)C)c1)C(=O)Nc1ccc2c(c1)NC(=O)[C@@H](C)O2. The van der Waals surface area contributed by atoms with Crippen LogP contribution in [0.3, 0.4) is 0 Å². The number of hydrogen-bond acceptors (Lipinski definition) is 4. The van der Waals surface area contributed by atoms with Gasteiger partial charge in [0.25, 0.3) is 11.8 Å².